The molecule has 0 bridgehead atoms. The van der Waals surface area contributed by atoms with Crippen LogP contribution in [0.5, 0.6) is 0 Å². The molecular formula is C18H21BrFN. The van der Waals surface area contributed by atoms with Crippen LogP contribution < -0.4 is 5.73 Å². The van der Waals surface area contributed by atoms with Gasteiger partial charge in [-0.25, -0.2) is 4.39 Å². The fourth-order valence-electron chi connectivity index (χ4n) is 2.79. The van der Waals surface area contributed by atoms with Gasteiger partial charge >= 0.3 is 0 Å². The lowest BCUT2D eigenvalue weighted by molar-refractivity contribution is 0.380. The van der Waals surface area contributed by atoms with E-state index in [0.717, 1.165) is 6.42 Å². The summed E-state index contributed by atoms with van der Waals surface area (Å²) in [7, 11) is 0. The Bertz CT molecular complexity index is 585. The maximum absolute atomic E-state index is 14.4. The summed E-state index contributed by atoms with van der Waals surface area (Å²) in [6, 6.07) is 15.1. The maximum Gasteiger partial charge on any atom is 0.142 e. The molecule has 0 aliphatic rings. The molecule has 0 spiro atoms. The first-order chi connectivity index (χ1) is 10.1. The Morgan fingerprint density at radius 3 is 2.38 bits per heavy atom. The van der Waals surface area contributed by atoms with Crippen molar-refractivity contribution in [3.05, 3.63) is 69.9 Å². The van der Waals surface area contributed by atoms with E-state index in [1.54, 1.807) is 12.1 Å². The van der Waals surface area contributed by atoms with Crippen LogP contribution in [-0.2, 0) is 0 Å². The molecule has 2 rings (SSSR count). The van der Waals surface area contributed by atoms with Crippen LogP contribution in [0.2, 0.25) is 0 Å². The van der Waals surface area contributed by atoms with Gasteiger partial charge < -0.3 is 5.73 Å². The molecule has 2 aromatic carbocycles. The zero-order valence-corrected chi connectivity index (χ0v) is 14.0. The van der Waals surface area contributed by atoms with Crippen molar-refractivity contribution in [2.45, 2.75) is 32.2 Å². The minimum Gasteiger partial charge on any atom is -0.323 e. The van der Waals surface area contributed by atoms with Gasteiger partial charge in [0.15, 0.2) is 0 Å². The number of benzene rings is 2. The van der Waals surface area contributed by atoms with Gasteiger partial charge in [-0.2, -0.15) is 0 Å². The van der Waals surface area contributed by atoms with Gasteiger partial charge in [-0.05, 0) is 33.5 Å². The zero-order valence-electron chi connectivity index (χ0n) is 12.4. The summed E-state index contributed by atoms with van der Waals surface area (Å²) in [5.74, 6) is 0.218. The number of halogens is 2. The summed E-state index contributed by atoms with van der Waals surface area (Å²) in [5, 5.41) is 0. The number of rotatable bonds is 5. The largest absolute Gasteiger partial charge is 0.323 e. The van der Waals surface area contributed by atoms with E-state index >= 15 is 0 Å². The van der Waals surface area contributed by atoms with E-state index in [0.29, 0.717) is 16.0 Å². The Morgan fingerprint density at radius 1 is 1.10 bits per heavy atom. The summed E-state index contributed by atoms with van der Waals surface area (Å²) in [4.78, 5) is 0. The zero-order chi connectivity index (χ0) is 15.4. The fraction of sp³-hybridized carbons (Fsp3) is 0.333. The van der Waals surface area contributed by atoms with Crippen LogP contribution >= 0.6 is 15.9 Å². The molecule has 0 saturated carbocycles. The van der Waals surface area contributed by atoms with Gasteiger partial charge in [0, 0.05) is 17.5 Å². The molecule has 0 aliphatic heterocycles. The second-order valence-corrected chi connectivity index (χ2v) is 6.35. The van der Waals surface area contributed by atoms with Gasteiger partial charge in [-0.1, -0.05) is 62.7 Å². The highest BCUT2D eigenvalue weighted by atomic mass is 79.9. The molecule has 0 aliphatic carbocycles. The van der Waals surface area contributed by atoms with Gasteiger partial charge in [0.05, 0.1) is 4.47 Å². The van der Waals surface area contributed by atoms with Crippen LogP contribution in [0.15, 0.2) is 53.0 Å². The summed E-state index contributed by atoms with van der Waals surface area (Å²) in [5.41, 5.74) is 8.19. The van der Waals surface area contributed by atoms with E-state index in [9.17, 15) is 4.39 Å². The molecule has 1 nitrogen and oxygen atoms in total. The molecule has 0 saturated heterocycles. The first-order valence-corrected chi connectivity index (χ1v) is 8.10. The molecular weight excluding hydrogens is 329 g/mol. The number of hydrogen-bond acceptors (Lipinski definition) is 1. The maximum atomic E-state index is 14.4. The lowest BCUT2D eigenvalue weighted by Crippen LogP contribution is -2.26. The van der Waals surface area contributed by atoms with Crippen LogP contribution in [0.4, 0.5) is 4.39 Å². The third kappa shape index (κ3) is 3.53. The standard InChI is InChI=1S/C18H21BrFN/c1-3-12(2)16(13-8-5-4-6-9-13)18(21)14-10-7-11-15(19)17(14)20/h4-12,16,18H,3,21H2,1-2H3. The molecule has 3 atom stereocenters. The van der Waals surface area contributed by atoms with Crippen LogP contribution in [0.3, 0.4) is 0 Å². The average molecular weight is 350 g/mol. The molecule has 2 N–H and O–H groups in total. The monoisotopic (exact) mass is 349 g/mol. The fourth-order valence-corrected chi connectivity index (χ4v) is 3.17. The normalized spacial score (nSPS) is 15.5. The predicted molar refractivity (Wildman–Crippen MR) is 89.7 cm³/mol. The van der Waals surface area contributed by atoms with Crippen LogP contribution in [0.1, 0.15) is 43.4 Å². The highest BCUT2D eigenvalue weighted by Gasteiger charge is 2.28. The summed E-state index contributed by atoms with van der Waals surface area (Å²) < 4.78 is 14.8. The Hall–Kier alpha value is -1.19. The average Bonchev–Trinajstić information content (AvgIpc) is 2.51. The van der Waals surface area contributed by atoms with E-state index in [4.69, 9.17) is 5.73 Å². The molecule has 21 heavy (non-hydrogen) atoms. The predicted octanol–water partition coefficient (Wildman–Crippen LogP) is 5.42. The smallest absolute Gasteiger partial charge is 0.142 e. The Morgan fingerprint density at radius 2 is 1.76 bits per heavy atom. The van der Waals surface area contributed by atoms with Crippen molar-refractivity contribution in [3.63, 3.8) is 0 Å². The SMILES string of the molecule is CCC(C)C(c1ccccc1)C(N)c1cccc(Br)c1F. The van der Waals surface area contributed by atoms with E-state index in [2.05, 4.69) is 41.9 Å². The van der Waals surface area contributed by atoms with Crippen LogP contribution in [0.25, 0.3) is 0 Å². The Kier molecular flexibility index (Phi) is 5.54. The molecule has 3 unspecified atom stereocenters. The van der Waals surface area contributed by atoms with Crippen LogP contribution in [-0.4, -0.2) is 0 Å². The summed E-state index contributed by atoms with van der Waals surface area (Å²) in [6.45, 7) is 4.32. The second kappa shape index (κ2) is 7.19. The van der Waals surface area contributed by atoms with Crippen molar-refractivity contribution in [1.82, 2.24) is 0 Å². The Labute approximate surface area is 134 Å². The van der Waals surface area contributed by atoms with Gasteiger partial charge in [0.25, 0.3) is 0 Å². The minimum absolute atomic E-state index is 0.0972. The van der Waals surface area contributed by atoms with Crippen molar-refractivity contribution in [2.75, 3.05) is 0 Å². The number of hydrogen-bond donors (Lipinski definition) is 1. The molecule has 112 valence electrons. The third-order valence-corrected chi connectivity index (χ3v) is 4.78. The lowest BCUT2D eigenvalue weighted by atomic mass is 9.78. The van der Waals surface area contributed by atoms with E-state index < -0.39 is 0 Å². The van der Waals surface area contributed by atoms with Gasteiger partial charge in [0.1, 0.15) is 5.82 Å². The summed E-state index contributed by atoms with van der Waals surface area (Å²) in [6.07, 6.45) is 1.00. The molecule has 0 fully saturated rings. The van der Waals surface area contributed by atoms with E-state index in [-0.39, 0.29) is 17.8 Å². The summed E-state index contributed by atoms with van der Waals surface area (Å²) >= 11 is 3.24. The van der Waals surface area contributed by atoms with Gasteiger partial charge in [-0.3, -0.25) is 0 Å². The molecule has 3 heteroatoms. The molecule has 0 heterocycles. The number of nitrogens with two attached hydrogens (primary N) is 1. The van der Waals surface area contributed by atoms with E-state index in [1.807, 2.05) is 24.3 Å². The van der Waals surface area contributed by atoms with Crippen LogP contribution in [0, 0.1) is 11.7 Å². The lowest BCUT2D eigenvalue weighted by Gasteiger charge is -2.30. The van der Waals surface area contributed by atoms with Crippen molar-refractivity contribution in [3.8, 4) is 0 Å². The molecule has 2 aromatic rings. The van der Waals surface area contributed by atoms with Crippen molar-refractivity contribution in [1.29, 1.82) is 0 Å². The van der Waals surface area contributed by atoms with Crippen molar-refractivity contribution < 1.29 is 4.39 Å². The third-order valence-electron chi connectivity index (χ3n) is 4.17. The first-order valence-electron chi connectivity index (χ1n) is 7.30. The molecule has 0 aromatic heterocycles. The minimum atomic E-state index is -0.361. The van der Waals surface area contributed by atoms with Crippen molar-refractivity contribution in [2.24, 2.45) is 11.7 Å². The highest BCUT2D eigenvalue weighted by Crippen LogP contribution is 2.38. The molecule has 0 radical (unpaired) electrons. The highest BCUT2D eigenvalue weighted by molar-refractivity contribution is 9.10. The Balaban J connectivity index is 2.44. The topological polar surface area (TPSA) is 26.0 Å². The quantitative estimate of drug-likeness (QED) is 0.766. The second-order valence-electron chi connectivity index (χ2n) is 5.49. The molecule has 0 amide bonds. The van der Waals surface area contributed by atoms with Crippen molar-refractivity contribution >= 4 is 15.9 Å². The van der Waals surface area contributed by atoms with Gasteiger partial charge in [0.2, 0.25) is 0 Å². The first kappa shape index (κ1) is 16.2. The van der Waals surface area contributed by atoms with Gasteiger partial charge in [-0.15, -0.1) is 0 Å². The van der Waals surface area contributed by atoms with E-state index in [1.165, 1.54) is 5.56 Å².